The molecule has 0 unspecified atom stereocenters. The van der Waals surface area contributed by atoms with Crippen LogP contribution in [0.15, 0.2) is 0 Å². The van der Waals surface area contributed by atoms with Crippen molar-refractivity contribution in [3.05, 3.63) is 0 Å². The van der Waals surface area contributed by atoms with E-state index in [4.69, 9.17) is 10.5 Å². The zero-order chi connectivity index (χ0) is 18.8. The summed E-state index contributed by atoms with van der Waals surface area (Å²) < 4.78 is 5.11. The summed E-state index contributed by atoms with van der Waals surface area (Å²) in [7, 11) is 0. The van der Waals surface area contributed by atoms with Crippen molar-refractivity contribution in [1.82, 2.24) is 10.6 Å². The third-order valence-electron chi connectivity index (χ3n) is 4.14. The van der Waals surface area contributed by atoms with Crippen LogP contribution in [0.25, 0.3) is 0 Å². The molecule has 0 aromatic carbocycles. The molecule has 0 aliphatic heterocycles. The molecule has 0 aromatic heterocycles. The van der Waals surface area contributed by atoms with Crippen LogP contribution in [0.2, 0.25) is 0 Å². The van der Waals surface area contributed by atoms with Gasteiger partial charge in [0.15, 0.2) is 6.10 Å². The Kier molecular flexibility index (Phi) is 16.6. The molecule has 0 aliphatic rings. The van der Waals surface area contributed by atoms with Gasteiger partial charge < -0.3 is 21.1 Å². The number of carbonyl (C=O) groups is 2. The minimum atomic E-state index is -0.916. The van der Waals surface area contributed by atoms with E-state index in [9.17, 15) is 9.59 Å². The summed E-state index contributed by atoms with van der Waals surface area (Å²) in [4.78, 5) is 23.7. The van der Waals surface area contributed by atoms with E-state index in [1.807, 2.05) is 0 Å². The summed E-state index contributed by atoms with van der Waals surface area (Å²) >= 11 is 0. The highest BCUT2D eigenvalue weighted by Gasteiger charge is 2.20. The molecule has 0 bridgehead atoms. The predicted molar refractivity (Wildman–Crippen MR) is 102 cm³/mol. The lowest BCUT2D eigenvalue weighted by Gasteiger charge is -2.16. The van der Waals surface area contributed by atoms with Crippen LogP contribution in [0.4, 0.5) is 4.79 Å². The van der Waals surface area contributed by atoms with Crippen LogP contribution in [0.5, 0.6) is 0 Å². The summed E-state index contributed by atoms with van der Waals surface area (Å²) in [6, 6.07) is 0. The van der Waals surface area contributed by atoms with Crippen LogP contribution in [-0.4, -0.2) is 37.7 Å². The second kappa shape index (κ2) is 17.5. The maximum atomic E-state index is 11.9. The number of unbranched alkanes of at least 4 members (excludes halogenated alkanes) is 9. The van der Waals surface area contributed by atoms with Gasteiger partial charge in [-0.1, -0.05) is 71.6 Å². The first kappa shape index (κ1) is 23.7. The van der Waals surface area contributed by atoms with Gasteiger partial charge >= 0.3 is 6.09 Å². The van der Waals surface area contributed by atoms with Crippen molar-refractivity contribution in [3.8, 4) is 0 Å². The Morgan fingerprint density at radius 2 is 1.28 bits per heavy atom. The van der Waals surface area contributed by atoms with Crippen molar-refractivity contribution in [2.75, 3.05) is 19.6 Å². The molecule has 0 spiro atoms. The minimum absolute atomic E-state index is 0.00829. The maximum Gasteiger partial charge on any atom is 0.407 e. The van der Waals surface area contributed by atoms with Gasteiger partial charge in [-0.05, 0) is 12.8 Å². The molecule has 0 saturated heterocycles. The number of ether oxygens (including phenoxy) is 1. The lowest BCUT2D eigenvalue weighted by atomic mass is 10.1. The Bertz CT molecular complexity index is 338. The van der Waals surface area contributed by atoms with Crippen molar-refractivity contribution >= 4 is 12.0 Å². The summed E-state index contributed by atoms with van der Waals surface area (Å²) in [6.45, 7) is 5.51. The lowest BCUT2D eigenvalue weighted by Crippen LogP contribution is -2.44. The van der Waals surface area contributed by atoms with Gasteiger partial charge in [0.25, 0.3) is 5.91 Å². The average molecular weight is 358 g/mol. The van der Waals surface area contributed by atoms with E-state index >= 15 is 0 Å². The van der Waals surface area contributed by atoms with Crippen molar-refractivity contribution in [2.45, 2.75) is 90.6 Å². The third kappa shape index (κ3) is 14.7. The average Bonchev–Trinajstić information content (AvgIpc) is 2.61. The molecule has 0 fully saturated rings. The predicted octanol–water partition coefficient (Wildman–Crippen LogP) is 3.49. The molecule has 0 rings (SSSR count). The minimum Gasteiger partial charge on any atom is -0.435 e. The van der Waals surface area contributed by atoms with E-state index in [0.717, 1.165) is 38.5 Å². The third-order valence-corrected chi connectivity index (χ3v) is 4.14. The van der Waals surface area contributed by atoms with Crippen LogP contribution < -0.4 is 16.4 Å². The van der Waals surface area contributed by atoms with E-state index in [0.29, 0.717) is 13.1 Å². The number of rotatable bonds is 16. The van der Waals surface area contributed by atoms with Crippen LogP contribution in [0, 0.1) is 0 Å². The smallest absolute Gasteiger partial charge is 0.407 e. The van der Waals surface area contributed by atoms with Gasteiger partial charge in [0.05, 0.1) is 0 Å². The van der Waals surface area contributed by atoms with Crippen molar-refractivity contribution < 1.29 is 14.3 Å². The maximum absolute atomic E-state index is 11.9. The summed E-state index contributed by atoms with van der Waals surface area (Å²) in [5.74, 6) is -0.315. The van der Waals surface area contributed by atoms with Crippen molar-refractivity contribution in [3.63, 3.8) is 0 Å². The molecule has 2 amide bonds. The Morgan fingerprint density at radius 1 is 0.800 bits per heavy atom. The van der Waals surface area contributed by atoms with Crippen LogP contribution in [0.1, 0.15) is 84.5 Å². The van der Waals surface area contributed by atoms with E-state index in [1.54, 1.807) is 0 Å². The normalized spacial score (nSPS) is 11.8. The molecule has 25 heavy (non-hydrogen) atoms. The largest absolute Gasteiger partial charge is 0.435 e. The van der Waals surface area contributed by atoms with Crippen molar-refractivity contribution in [2.24, 2.45) is 5.73 Å². The van der Waals surface area contributed by atoms with Gasteiger partial charge in [0, 0.05) is 19.6 Å². The van der Waals surface area contributed by atoms with Crippen molar-refractivity contribution in [1.29, 1.82) is 0 Å². The number of amides is 2. The van der Waals surface area contributed by atoms with Crippen LogP contribution in [-0.2, 0) is 9.53 Å². The van der Waals surface area contributed by atoms with E-state index in [1.165, 1.54) is 32.1 Å². The molecule has 148 valence electrons. The van der Waals surface area contributed by atoms with Gasteiger partial charge in [0.2, 0.25) is 0 Å². The fourth-order valence-electron chi connectivity index (χ4n) is 2.53. The molecule has 1 atom stereocenters. The van der Waals surface area contributed by atoms with Crippen LogP contribution >= 0.6 is 0 Å². The van der Waals surface area contributed by atoms with Crippen LogP contribution in [0.3, 0.4) is 0 Å². The fraction of sp³-hybridized carbons (Fsp3) is 0.895. The Labute approximate surface area is 153 Å². The quantitative estimate of drug-likeness (QED) is 0.369. The van der Waals surface area contributed by atoms with E-state index in [-0.39, 0.29) is 12.5 Å². The highest BCUT2D eigenvalue weighted by molar-refractivity contribution is 5.83. The van der Waals surface area contributed by atoms with Gasteiger partial charge in [-0.3, -0.25) is 4.79 Å². The van der Waals surface area contributed by atoms with Gasteiger partial charge in [-0.25, -0.2) is 4.79 Å². The molecule has 0 aromatic rings. The first-order chi connectivity index (χ1) is 12.2. The summed E-state index contributed by atoms with van der Waals surface area (Å²) in [5.41, 5.74) is 5.54. The zero-order valence-electron chi connectivity index (χ0n) is 16.3. The second-order valence-electron chi connectivity index (χ2n) is 6.53. The molecule has 6 heteroatoms. The van der Waals surface area contributed by atoms with Gasteiger partial charge in [0.1, 0.15) is 0 Å². The summed E-state index contributed by atoms with van der Waals surface area (Å²) in [5, 5.41) is 5.47. The van der Waals surface area contributed by atoms with Gasteiger partial charge in [-0.2, -0.15) is 0 Å². The number of nitrogens with two attached hydrogens (primary N) is 1. The first-order valence-electron chi connectivity index (χ1n) is 10.1. The fourth-order valence-corrected chi connectivity index (χ4v) is 2.53. The Balaban J connectivity index is 3.72. The highest BCUT2D eigenvalue weighted by atomic mass is 16.6. The molecule has 6 nitrogen and oxygen atoms in total. The summed E-state index contributed by atoms with van der Waals surface area (Å²) in [6.07, 6.45) is 11.2. The SMILES string of the molecule is CCCCCCCCCNC(=O)O[C@@H](CN)C(=O)NCCCCCC. The van der Waals surface area contributed by atoms with Gasteiger partial charge in [-0.15, -0.1) is 0 Å². The molecule has 0 saturated carbocycles. The van der Waals surface area contributed by atoms with E-state index in [2.05, 4.69) is 24.5 Å². The zero-order valence-corrected chi connectivity index (χ0v) is 16.3. The number of hydrogen-bond donors (Lipinski definition) is 3. The first-order valence-corrected chi connectivity index (χ1v) is 10.1. The number of hydrogen-bond acceptors (Lipinski definition) is 4. The molecule has 0 aliphatic carbocycles. The molecule has 0 radical (unpaired) electrons. The Hall–Kier alpha value is -1.30. The molecule has 0 heterocycles. The molecule has 4 N–H and O–H groups in total. The number of alkyl carbamates (subject to hydrolysis) is 1. The Morgan fingerprint density at radius 3 is 1.84 bits per heavy atom. The molecular formula is C19H39N3O3. The highest BCUT2D eigenvalue weighted by Crippen LogP contribution is 2.06. The monoisotopic (exact) mass is 357 g/mol. The van der Waals surface area contributed by atoms with E-state index < -0.39 is 12.2 Å². The second-order valence-corrected chi connectivity index (χ2v) is 6.53. The number of nitrogens with one attached hydrogen (secondary N) is 2. The lowest BCUT2D eigenvalue weighted by molar-refractivity contribution is -0.129. The standard InChI is InChI=1S/C19H39N3O3/c1-3-5-7-9-10-11-13-15-22-19(24)25-17(16-20)18(23)21-14-12-8-6-4-2/h17H,3-16,20H2,1-2H3,(H,21,23)(H,22,24)/t17-/m0/s1. The number of carbonyl (C=O) groups excluding carboxylic acids is 2. The topological polar surface area (TPSA) is 93.4 Å². The molecular weight excluding hydrogens is 318 g/mol.